The first-order valence-corrected chi connectivity index (χ1v) is 6.81. The Morgan fingerprint density at radius 3 is 2.90 bits per heavy atom. The highest BCUT2D eigenvalue weighted by molar-refractivity contribution is 7.15. The first kappa shape index (κ1) is 13.3. The van der Waals surface area contributed by atoms with E-state index >= 15 is 0 Å². The number of aryl methyl sites for hydroxylation is 1. The molecule has 0 spiro atoms. The second-order valence-electron chi connectivity index (χ2n) is 4.40. The number of hydrogen-bond acceptors (Lipinski definition) is 5. The van der Waals surface area contributed by atoms with E-state index in [9.17, 15) is 20.0 Å². The topological polar surface area (TPSA) is 97.7 Å². The lowest BCUT2D eigenvalue weighted by atomic mass is 10.1. The second-order valence-corrected chi connectivity index (χ2v) is 5.23. The molecule has 0 bridgehead atoms. The van der Waals surface area contributed by atoms with Crippen LogP contribution < -0.4 is 0 Å². The van der Waals surface area contributed by atoms with Crippen molar-refractivity contribution >= 4 is 28.0 Å². The van der Waals surface area contributed by atoms with E-state index in [1.54, 1.807) is 24.4 Å². The van der Waals surface area contributed by atoms with E-state index < -0.39 is 10.9 Å². The molecule has 0 radical (unpaired) electrons. The Balaban J connectivity index is 2.28. The standard InChI is InChI=1S/C13H9N3O4S/c1-7-11(12(17)18)15-10(6-21-13(15)14-7)8-3-2-4-9(5-8)16(19)20/h2-6H,1H3,(H,17,18). The number of aromatic carboxylic acids is 1. The van der Waals surface area contributed by atoms with Crippen molar-refractivity contribution in [3.63, 3.8) is 0 Å². The summed E-state index contributed by atoms with van der Waals surface area (Å²) in [6.45, 7) is 1.63. The van der Waals surface area contributed by atoms with Crippen LogP contribution in [0.4, 0.5) is 5.69 Å². The van der Waals surface area contributed by atoms with Crippen molar-refractivity contribution in [2.24, 2.45) is 0 Å². The number of nitro benzene ring substituents is 1. The number of aromatic nitrogens is 2. The molecule has 0 aliphatic rings. The third-order valence-corrected chi connectivity index (χ3v) is 3.92. The largest absolute Gasteiger partial charge is 0.477 e. The summed E-state index contributed by atoms with van der Waals surface area (Å²) in [5, 5.41) is 21.9. The van der Waals surface area contributed by atoms with E-state index in [0.29, 0.717) is 21.9 Å². The number of imidazole rings is 1. The lowest BCUT2D eigenvalue weighted by Crippen LogP contribution is -2.04. The highest BCUT2D eigenvalue weighted by Crippen LogP contribution is 2.30. The molecule has 2 heterocycles. The van der Waals surface area contributed by atoms with Crippen LogP contribution in [0.25, 0.3) is 16.2 Å². The van der Waals surface area contributed by atoms with Gasteiger partial charge in [-0.05, 0) is 6.92 Å². The summed E-state index contributed by atoms with van der Waals surface area (Å²) in [5.41, 5.74) is 1.61. The normalized spacial score (nSPS) is 10.9. The van der Waals surface area contributed by atoms with Crippen molar-refractivity contribution < 1.29 is 14.8 Å². The van der Waals surface area contributed by atoms with Crippen molar-refractivity contribution in [1.82, 2.24) is 9.38 Å². The van der Waals surface area contributed by atoms with Crippen LogP contribution in [0.2, 0.25) is 0 Å². The zero-order valence-corrected chi connectivity index (χ0v) is 11.6. The van der Waals surface area contributed by atoms with Gasteiger partial charge in [0.15, 0.2) is 10.7 Å². The van der Waals surface area contributed by atoms with Crippen LogP contribution in [0.15, 0.2) is 29.6 Å². The fourth-order valence-electron chi connectivity index (χ4n) is 2.19. The molecule has 0 saturated heterocycles. The minimum Gasteiger partial charge on any atom is -0.477 e. The fourth-order valence-corrected chi connectivity index (χ4v) is 3.14. The molecule has 3 aromatic rings. The minimum absolute atomic E-state index is 0.0411. The highest BCUT2D eigenvalue weighted by atomic mass is 32.1. The SMILES string of the molecule is Cc1nc2scc(-c3cccc([N+](=O)[O-])c3)n2c1C(=O)O. The van der Waals surface area contributed by atoms with Gasteiger partial charge in [-0.3, -0.25) is 14.5 Å². The summed E-state index contributed by atoms with van der Waals surface area (Å²) in [6, 6.07) is 6.09. The Morgan fingerprint density at radius 2 is 2.24 bits per heavy atom. The zero-order valence-electron chi connectivity index (χ0n) is 10.8. The third kappa shape index (κ3) is 2.05. The molecule has 0 saturated carbocycles. The molecule has 0 unspecified atom stereocenters. The number of hydrogen-bond donors (Lipinski definition) is 1. The van der Waals surface area contributed by atoms with Gasteiger partial charge in [0, 0.05) is 23.1 Å². The summed E-state index contributed by atoms with van der Waals surface area (Å²) in [5.74, 6) is -1.08. The summed E-state index contributed by atoms with van der Waals surface area (Å²) in [4.78, 5) is 26.5. The molecular formula is C13H9N3O4S. The average Bonchev–Trinajstić information content (AvgIpc) is 2.96. The van der Waals surface area contributed by atoms with Crippen molar-refractivity contribution in [2.75, 3.05) is 0 Å². The van der Waals surface area contributed by atoms with Crippen LogP contribution in [-0.2, 0) is 0 Å². The van der Waals surface area contributed by atoms with Gasteiger partial charge in [-0.25, -0.2) is 9.78 Å². The van der Waals surface area contributed by atoms with E-state index in [4.69, 9.17) is 0 Å². The number of fused-ring (bicyclic) bond motifs is 1. The van der Waals surface area contributed by atoms with Crippen LogP contribution >= 0.6 is 11.3 Å². The van der Waals surface area contributed by atoms with Gasteiger partial charge < -0.3 is 5.11 Å². The molecule has 2 aromatic heterocycles. The molecule has 1 N–H and O–H groups in total. The van der Waals surface area contributed by atoms with E-state index in [1.807, 2.05) is 0 Å². The number of nitrogens with zero attached hydrogens (tertiary/aromatic N) is 3. The van der Waals surface area contributed by atoms with Gasteiger partial charge in [-0.1, -0.05) is 12.1 Å². The van der Waals surface area contributed by atoms with Gasteiger partial charge in [0.2, 0.25) is 0 Å². The molecule has 0 atom stereocenters. The monoisotopic (exact) mass is 303 g/mol. The van der Waals surface area contributed by atoms with E-state index in [0.717, 1.165) is 0 Å². The van der Waals surface area contributed by atoms with Crippen molar-refractivity contribution in [3.05, 3.63) is 51.1 Å². The lowest BCUT2D eigenvalue weighted by molar-refractivity contribution is -0.384. The van der Waals surface area contributed by atoms with Crippen molar-refractivity contribution in [1.29, 1.82) is 0 Å². The number of carboxylic acid groups (broad SMARTS) is 1. The number of thiazole rings is 1. The minimum atomic E-state index is -1.08. The molecule has 0 amide bonds. The molecule has 0 aliphatic heterocycles. The first-order chi connectivity index (χ1) is 9.99. The number of nitro groups is 1. The van der Waals surface area contributed by atoms with Crippen molar-refractivity contribution in [2.45, 2.75) is 6.92 Å². The Bertz CT molecular complexity index is 881. The van der Waals surface area contributed by atoms with Gasteiger partial charge in [-0.2, -0.15) is 0 Å². The van der Waals surface area contributed by atoms with Gasteiger partial charge in [0.1, 0.15) is 0 Å². The predicted molar refractivity (Wildman–Crippen MR) is 76.9 cm³/mol. The van der Waals surface area contributed by atoms with Crippen molar-refractivity contribution in [3.8, 4) is 11.3 Å². The summed E-state index contributed by atoms with van der Waals surface area (Å²) >= 11 is 1.29. The van der Waals surface area contributed by atoms with Gasteiger partial charge in [0.25, 0.3) is 5.69 Å². The maximum absolute atomic E-state index is 11.4. The number of carboxylic acids is 1. The van der Waals surface area contributed by atoms with Crippen LogP contribution in [0.1, 0.15) is 16.2 Å². The summed E-state index contributed by atoms with van der Waals surface area (Å²) in [7, 11) is 0. The quantitative estimate of drug-likeness (QED) is 0.592. The zero-order chi connectivity index (χ0) is 15.1. The average molecular weight is 303 g/mol. The Hall–Kier alpha value is -2.74. The van der Waals surface area contributed by atoms with E-state index in [-0.39, 0.29) is 11.4 Å². The summed E-state index contributed by atoms with van der Waals surface area (Å²) in [6.07, 6.45) is 0. The molecule has 3 rings (SSSR count). The molecular weight excluding hydrogens is 294 g/mol. The molecule has 106 valence electrons. The van der Waals surface area contributed by atoms with Crippen LogP contribution in [-0.4, -0.2) is 25.4 Å². The smallest absolute Gasteiger partial charge is 0.354 e. The van der Waals surface area contributed by atoms with Crippen LogP contribution in [0, 0.1) is 17.0 Å². The number of non-ortho nitro benzene ring substituents is 1. The first-order valence-electron chi connectivity index (χ1n) is 5.93. The van der Waals surface area contributed by atoms with Gasteiger partial charge in [-0.15, -0.1) is 11.3 Å². The Labute approximate surface area is 122 Å². The Kier molecular flexibility index (Phi) is 2.95. The number of rotatable bonds is 3. The maximum atomic E-state index is 11.4. The highest BCUT2D eigenvalue weighted by Gasteiger charge is 2.20. The second kappa shape index (κ2) is 4.67. The van der Waals surface area contributed by atoms with Crippen LogP contribution in [0.5, 0.6) is 0 Å². The molecule has 1 aromatic carbocycles. The molecule has 21 heavy (non-hydrogen) atoms. The summed E-state index contributed by atoms with van der Waals surface area (Å²) < 4.78 is 1.52. The predicted octanol–water partition coefficient (Wildman–Crippen LogP) is 2.98. The van der Waals surface area contributed by atoms with Gasteiger partial charge >= 0.3 is 5.97 Å². The number of carbonyl (C=O) groups is 1. The molecule has 0 aliphatic carbocycles. The Morgan fingerprint density at radius 1 is 1.48 bits per heavy atom. The third-order valence-electron chi connectivity index (χ3n) is 3.09. The van der Waals surface area contributed by atoms with E-state index in [1.165, 1.54) is 27.9 Å². The fraction of sp³-hybridized carbons (Fsp3) is 0.0769. The molecule has 8 heteroatoms. The van der Waals surface area contributed by atoms with E-state index in [2.05, 4.69) is 4.98 Å². The van der Waals surface area contributed by atoms with Crippen LogP contribution in [0.3, 0.4) is 0 Å². The lowest BCUT2D eigenvalue weighted by Gasteiger charge is -2.02. The maximum Gasteiger partial charge on any atom is 0.354 e. The number of benzene rings is 1. The van der Waals surface area contributed by atoms with Gasteiger partial charge in [0.05, 0.1) is 16.3 Å². The molecule has 0 fully saturated rings. The molecule has 7 nitrogen and oxygen atoms in total.